The van der Waals surface area contributed by atoms with Crippen LogP contribution >= 0.6 is 22.9 Å². The van der Waals surface area contributed by atoms with E-state index in [-0.39, 0.29) is 11.6 Å². The molecule has 0 atom stereocenters. The monoisotopic (exact) mass is 295 g/mol. The SMILES string of the molecule is Cc1cc(Cl)ccc1-c1sc(C(C)C)nc1C(=O)O. The molecule has 2 aromatic rings. The van der Waals surface area contributed by atoms with Gasteiger partial charge in [-0.3, -0.25) is 0 Å². The molecular weight excluding hydrogens is 282 g/mol. The summed E-state index contributed by atoms with van der Waals surface area (Å²) in [5.41, 5.74) is 1.96. The number of aromatic carboxylic acids is 1. The molecule has 1 aromatic carbocycles. The Labute approximate surface area is 120 Å². The summed E-state index contributed by atoms with van der Waals surface area (Å²) in [7, 11) is 0. The molecule has 0 aliphatic rings. The number of benzene rings is 1. The van der Waals surface area contributed by atoms with E-state index in [1.165, 1.54) is 11.3 Å². The Hall–Kier alpha value is -1.39. The van der Waals surface area contributed by atoms with Crippen LogP contribution in [0.5, 0.6) is 0 Å². The number of rotatable bonds is 3. The summed E-state index contributed by atoms with van der Waals surface area (Å²) >= 11 is 7.37. The molecule has 5 heteroatoms. The number of halogens is 1. The van der Waals surface area contributed by atoms with Gasteiger partial charge in [0, 0.05) is 10.9 Å². The predicted molar refractivity (Wildman–Crippen MR) is 78.3 cm³/mol. The highest BCUT2D eigenvalue weighted by Gasteiger charge is 2.21. The fraction of sp³-hybridized carbons (Fsp3) is 0.286. The highest BCUT2D eigenvalue weighted by molar-refractivity contribution is 7.15. The molecule has 1 aromatic heterocycles. The van der Waals surface area contributed by atoms with Gasteiger partial charge in [0.2, 0.25) is 0 Å². The summed E-state index contributed by atoms with van der Waals surface area (Å²) in [6.45, 7) is 5.92. The second-order valence-electron chi connectivity index (χ2n) is 4.65. The van der Waals surface area contributed by atoms with Crippen LogP contribution in [0.15, 0.2) is 18.2 Å². The van der Waals surface area contributed by atoms with E-state index in [0.29, 0.717) is 9.90 Å². The Balaban J connectivity index is 2.63. The lowest BCUT2D eigenvalue weighted by molar-refractivity contribution is 0.0692. The number of carboxylic acids is 1. The van der Waals surface area contributed by atoms with Gasteiger partial charge in [-0.2, -0.15) is 0 Å². The van der Waals surface area contributed by atoms with Crippen LogP contribution in [-0.4, -0.2) is 16.1 Å². The van der Waals surface area contributed by atoms with Gasteiger partial charge < -0.3 is 5.11 Å². The number of carboxylic acid groups (broad SMARTS) is 1. The molecule has 19 heavy (non-hydrogen) atoms. The molecule has 0 amide bonds. The average Bonchev–Trinajstić information content (AvgIpc) is 2.73. The first-order valence-electron chi connectivity index (χ1n) is 5.90. The predicted octanol–water partition coefficient (Wildman–Crippen LogP) is 4.59. The van der Waals surface area contributed by atoms with Gasteiger partial charge in [-0.25, -0.2) is 9.78 Å². The Morgan fingerprint density at radius 3 is 2.63 bits per heavy atom. The van der Waals surface area contributed by atoms with Crippen molar-refractivity contribution in [2.45, 2.75) is 26.7 Å². The third-order valence-electron chi connectivity index (χ3n) is 2.77. The van der Waals surface area contributed by atoms with Crippen LogP contribution in [0, 0.1) is 6.92 Å². The van der Waals surface area contributed by atoms with E-state index in [4.69, 9.17) is 11.6 Å². The number of hydrogen-bond donors (Lipinski definition) is 1. The zero-order valence-electron chi connectivity index (χ0n) is 10.9. The van der Waals surface area contributed by atoms with Crippen molar-refractivity contribution < 1.29 is 9.90 Å². The lowest BCUT2D eigenvalue weighted by Gasteiger charge is -2.04. The largest absolute Gasteiger partial charge is 0.476 e. The summed E-state index contributed by atoms with van der Waals surface area (Å²) in [4.78, 5) is 16.3. The normalized spacial score (nSPS) is 11.0. The fourth-order valence-corrected chi connectivity index (χ4v) is 3.17. The molecule has 1 heterocycles. The summed E-state index contributed by atoms with van der Waals surface area (Å²) in [5.74, 6) is -0.781. The van der Waals surface area contributed by atoms with E-state index in [1.807, 2.05) is 32.9 Å². The van der Waals surface area contributed by atoms with Crippen LogP contribution in [0.1, 0.15) is 40.8 Å². The third-order valence-corrected chi connectivity index (χ3v) is 4.40. The van der Waals surface area contributed by atoms with E-state index in [9.17, 15) is 9.90 Å². The molecule has 100 valence electrons. The maximum absolute atomic E-state index is 11.3. The van der Waals surface area contributed by atoms with Crippen LogP contribution in [0.4, 0.5) is 0 Å². The van der Waals surface area contributed by atoms with E-state index in [2.05, 4.69) is 4.98 Å². The zero-order valence-corrected chi connectivity index (χ0v) is 12.5. The molecule has 0 spiro atoms. The molecule has 0 aliphatic heterocycles. The van der Waals surface area contributed by atoms with Crippen LogP contribution in [0.3, 0.4) is 0 Å². The maximum Gasteiger partial charge on any atom is 0.356 e. The Kier molecular flexibility index (Phi) is 3.92. The van der Waals surface area contributed by atoms with E-state index in [1.54, 1.807) is 6.07 Å². The molecule has 3 nitrogen and oxygen atoms in total. The van der Waals surface area contributed by atoms with Crippen LogP contribution in [0.25, 0.3) is 10.4 Å². The molecule has 0 saturated carbocycles. The van der Waals surface area contributed by atoms with Crippen molar-refractivity contribution in [3.8, 4) is 10.4 Å². The number of aryl methyl sites for hydroxylation is 1. The van der Waals surface area contributed by atoms with Crippen LogP contribution < -0.4 is 0 Å². The lowest BCUT2D eigenvalue weighted by atomic mass is 10.1. The van der Waals surface area contributed by atoms with Crippen molar-refractivity contribution in [2.24, 2.45) is 0 Å². The number of carbonyl (C=O) groups is 1. The summed E-state index contributed by atoms with van der Waals surface area (Å²) in [6.07, 6.45) is 0. The molecule has 0 bridgehead atoms. The third kappa shape index (κ3) is 2.80. The minimum Gasteiger partial charge on any atom is -0.476 e. The Morgan fingerprint density at radius 2 is 2.11 bits per heavy atom. The first-order valence-corrected chi connectivity index (χ1v) is 7.10. The van der Waals surface area contributed by atoms with Crippen molar-refractivity contribution in [3.05, 3.63) is 39.5 Å². The Bertz CT molecular complexity index is 634. The molecule has 1 N–H and O–H groups in total. The number of thiazole rings is 1. The van der Waals surface area contributed by atoms with E-state index in [0.717, 1.165) is 16.1 Å². The van der Waals surface area contributed by atoms with Crippen molar-refractivity contribution in [1.82, 2.24) is 4.98 Å². The van der Waals surface area contributed by atoms with Crippen molar-refractivity contribution in [3.63, 3.8) is 0 Å². The summed E-state index contributed by atoms with van der Waals surface area (Å²) in [6, 6.07) is 5.45. The number of nitrogens with zero attached hydrogens (tertiary/aromatic N) is 1. The molecule has 0 saturated heterocycles. The van der Waals surface area contributed by atoms with Gasteiger partial charge >= 0.3 is 5.97 Å². The topological polar surface area (TPSA) is 50.2 Å². The molecule has 0 aliphatic carbocycles. The van der Waals surface area contributed by atoms with Crippen LogP contribution in [0.2, 0.25) is 5.02 Å². The quantitative estimate of drug-likeness (QED) is 0.900. The van der Waals surface area contributed by atoms with Gasteiger partial charge in [-0.15, -0.1) is 11.3 Å². The lowest BCUT2D eigenvalue weighted by Crippen LogP contribution is -2.00. The van der Waals surface area contributed by atoms with Gasteiger partial charge in [0.15, 0.2) is 5.69 Å². The molecule has 2 rings (SSSR count). The van der Waals surface area contributed by atoms with E-state index >= 15 is 0 Å². The first-order chi connectivity index (χ1) is 8.90. The highest BCUT2D eigenvalue weighted by atomic mass is 35.5. The van der Waals surface area contributed by atoms with Gasteiger partial charge in [0.25, 0.3) is 0 Å². The minimum atomic E-state index is -0.993. The van der Waals surface area contributed by atoms with E-state index < -0.39 is 5.97 Å². The molecule has 0 radical (unpaired) electrons. The Morgan fingerprint density at radius 1 is 1.42 bits per heavy atom. The standard InChI is InChI=1S/C14H14ClNO2S/c1-7(2)13-16-11(14(17)18)12(19-13)10-5-4-9(15)6-8(10)3/h4-7H,1-3H3,(H,17,18). The molecular formula is C14H14ClNO2S. The van der Waals surface area contributed by atoms with Gasteiger partial charge in [0.05, 0.1) is 9.88 Å². The van der Waals surface area contributed by atoms with Crippen LogP contribution in [-0.2, 0) is 0 Å². The summed E-state index contributed by atoms with van der Waals surface area (Å²) in [5, 5.41) is 10.8. The smallest absolute Gasteiger partial charge is 0.356 e. The minimum absolute atomic E-state index is 0.124. The maximum atomic E-state index is 11.3. The average molecular weight is 296 g/mol. The second kappa shape index (κ2) is 5.31. The van der Waals surface area contributed by atoms with Crippen molar-refractivity contribution in [1.29, 1.82) is 0 Å². The first kappa shape index (κ1) is 14.0. The fourth-order valence-electron chi connectivity index (χ4n) is 1.79. The van der Waals surface area contributed by atoms with Gasteiger partial charge in [0.1, 0.15) is 0 Å². The number of aromatic nitrogens is 1. The second-order valence-corrected chi connectivity index (χ2v) is 6.12. The van der Waals surface area contributed by atoms with Gasteiger partial charge in [-0.05, 0) is 30.2 Å². The molecule has 0 unspecified atom stereocenters. The number of hydrogen-bond acceptors (Lipinski definition) is 3. The molecule has 0 fully saturated rings. The summed E-state index contributed by atoms with van der Waals surface area (Å²) < 4.78 is 0. The zero-order chi connectivity index (χ0) is 14.2. The van der Waals surface area contributed by atoms with Crippen molar-refractivity contribution >= 4 is 28.9 Å². The van der Waals surface area contributed by atoms with Crippen molar-refractivity contribution in [2.75, 3.05) is 0 Å². The van der Waals surface area contributed by atoms with Gasteiger partial charge in [-0.1, -0.05) is 31.5 Å². The highest BCUT2D eigenvalue weighted by Crippen LogP contribution is 2.36.